The van der Waals surface area contributed by atoms with Crippen LogP contribution in [0.5, 0.6) is 5.75 Å². The summed E-state index contributed by atoms with van der Waals surface area (Å²) in [5.74, 6) is 0.0401. The molecule has 6 nitrogen and oxygen atoms in total. The molecule has 0 aliphatic carbocycles. The van der Waals surface area contributed by atoms with Gasteiger partial charge in [-0.05, 0) is 18.2 Å². The smallest absolute Gasteiger partial charge is 0.306 e. The van der Waals surface area contributed by atoms with Crippen LogP contribution in [0, 0.1) is 0 Å². The molecule has 6 heteroatoms. The summed E-state index contributed by atoms with van der Waals surface area (Å²) in [4.78, 5) is 10.9. The molecule has 0 saturated carbocycles. The molecule has 18 heavy (non-hydrogen) atoms. The Bertz CT molecular complexity index is 646. The van der Waals surface area contributed by atoms with Crippen LogP contribution in [0.1, 0.15) is 16.2 Å². The zero-order valence-electron chi connectivity index (χ0n) is 9.29. The SMILES string of the molecule is NC(=O)c1nnc(-c2cccc3c2C=CCO3)o1. The first-order chi connectivity index (χ1) is 8.75. The summed E-state index contributed by atoms with van der Waals surface area (Å²) in [6.07, 6.45) is 3.81. The number of nitrogens with two attached hydrogens (primary N) is 1. The molecule has 90 valence electrons. The molecule has 1 aliphatic rings. The lowest BCUT2D eigenvalue weighted by Crippen LogP contribution is -2.10. The molecule has 1 aromatic carbocycles. The van der Waals surface area contributed by atoms with E-state index in [2.05, 4.69) is 10.2 Å². The fourth-order valence-electron chi connectivity index (χ4n) is 1.76. The third-order valence-corrected chi connectivity index (χ3v) is 2.55. The van der Waals surface area contributed by atoms with Crippen molar-refractivity contribution in [2.24, 2.45) is 5.73 Å². The van der Waals surface area contributed by atoms with Gasteiger partial charge in [0.15, 0.2) is 0 Å². The van der Waals surface area contributed by atoms with E-state index in [9.17, 15) is 4.79 Å². The predicted molar refractivity (Wildman–Crippen MR) is 62.8 cm³/mol. The third kappa shape index (κ3) is 1.64. The highest BCUT2D eigenvalue weighted by molar-refractivity contribution is 5.88. The Hall–Kier alpha value is -2.63. The zero-order valence-corrected chi connectivity index (χ0v) is 9.29. The van der Waals surface area contributed by atoms with E-state index in [0.717, 1.165) is 11.3 Å². The number of amides is 1. The Morgan fingerprint density at radius 2 is 2.22 bits per heavy atom. The van der Waals surface area contributed by atoms with Crippen LogP contribution < -0.4 is 10.5 Å². The lowest BCUT2D eigenvalue weighted by Gasteiger charge is -2.13. The first-order valence-corrected chi connectivity index (χ1v) is 5.32. The van der Waals surface area contributed by atoms with Crippen molar-refractivity contribution in [3.8, 4) is 17.2 Å². The van der Waals surface area contributed by atoms with Gasteiger partial charge in [0.1, 0.15) is 12.4 Å². The molecule has 3 rings (SSSR count). The molecule has 1 aliphatic heterocycles. The topological polar surface area (TPSA) is 91.2 Å². The Balaban J connectivity index is 2.12. The standard InChI is InChI=1S/C12H9N3O3/c13-10(16)12-15-14-11(18-12)8-3-1-5-9-7(8)4-2-6-17-9/h1-5H,6H2,(H2,13,16). The van der Waals surface area contributed by atoms with Crippen molar-refractivity contribution >= 4 is 12.0 Å². The van der Waals surface area contributed by atoms with E-state index >= 15 is 0 Å². The monoisotopic (exact) mass is 243 g/mol. The lowest BCUT2D eigenvalue weighted by atomic mass is 10.0. The van der Waals surface area contributed by atoms with Gasteiger partial charge >= 0.3 is 11.8 Å². The number of primary amides is 1. The third-order valence-electron chi connectivity index (χ3n) is 2.55. The average Bonchev–Trinajstić information content (AvgIpc) is 2.87. The number of carbonyl (C=O) groups is 1. The minimum Gasteiger partial charge on any atom is -0.489 e. The van der Waals surface area contributed by atoms with E-state index in [1.165, 1.54) is 0 Å². The van der Waals surface area contributed by atoms with Gasteiger partial charge in [0.2, 0.25) is 5.89 Å². The van der Waals surface area contributed by atoms with Crippen molar-refractivity contribution in [3.63, 3.8) is 0 Å². The molecular weight excluding hydrogens is 234 g/mol. The lowest BCUT2D eigenvalue weighted by molar-refractivity contribution is 0.0968. The molecule has 0 unspecified atom stereocenters. The molecule has 0 bridgehead atoms. The fraction of sp³-hybridized carbons (Fsp3) is 0.0833. The number of aromatic nitrogens is 2. The van der Waals surface area contributed by atoms with Crippen molar-refractivity contribution in [2.45, 2.75) is 0 Å². The number of carbonyl (C=O) groups excluding carboxylic acids is 1. The van der Waals surface area contributed by atoms with Crippen LogP contribution in [-0.4, -0.2) is 22.7 Å². The van der Waals surface area contributed by atoms with Crippen LogP contribution in [-0.2, 0) is 0 Å². The number of fused-ring (bicyclic) bond motifs is 1. The number of hydrogen-bond acceptors (Lipinski definition) is 5. The number of benzene rings is 1. The van der Waals surface area contributed by atoms with Crippen LogP contribution in [0.15, 0.2) is 28.7 Å². The molecule has 0 spiro atoms. The molecule has 0 radical (unpaired) electrons. The largest absolute Gasteiger partial charge is 0.489 e. The number of hydrogen-bond donors (Lipinski definition) is 1. The predicted octanol–water partition coefficient (Wildman–Crippen LogP) is 1.24. The van der Waals surface area contributed by atoms with Crippen molar-refractivity contribution < 1.29 is 13.9 Å². The molecule has 2 aromatic rings. The maximum absolute atomic E-state index is 10.9. The second kappa shape index (κ2) is 3.99. The van der Waals surface area contributed by atoms with Gasteiger partial charge < -0.3 is 14.9 Å². The molecule has 0 fully saturated rings. The summed E-state index contributed by atoms with van der Waals surface area (Å²) in [5, 5.41) is 7.39. The van der Waals surface area contributed by atoms with Crippen molar-refractivity contribution in [1.29, 1.82) is 0 Å². The molecule has 1 amide bonds. The Morgan fingerprint density at radius 3 is 3.00 bits per heavy atom. The summed E-state index contributed by atoms with van der Waals surface area (Å²) in [5.41, 5.74) is 6.63. The first kappa shape index (κ1) is 10.5. The first-order valence-electron chi connectivity index (χ1n) is 5.32. The van der Waals surface area contributed by atoms with Gasteiger partial charge in [-0.1, -0.05) is 12.1 Å². The highest BCUT2D eigenvalue weighted by Gasteiger charge is 2.18. The molecule has 0 saturated heterocycles. The van der Waals surface area contributed by atoms with Gasteiger partial charge in [-0.25, -0.2) is 0 Å². The summed E-state index contributed by atoms with van der Waals surface area (Å²) >= 11 is 0. The molecule has 2 N–H and O–H groups in total. The van der Waals surface area contributed by atoms with Gasteiger partial charge in [0.05, 0.1) is 0 Å². The van der Waals surface area contributed by atoms with E-state index in [0.29, 0.717) is 12.2 Å². The molecule has 2 heterocycles. The highest BCUT2D eigenvalue weighted by atomic mass is 16.5. The number of ether oxygens (including phenoxy) is 1. The summed E-state index contributed by atoms with van der Waals surface area (Å²) in [6, 6.07) is 5.49. The van der Waals surface area contributed by atoms with Gasteiger partial charge in [-0.2, -0.15) is 0 Å². The number of rotatable bonds is 2. The summed E-state index contributed by atoms with van der Waals surface area (Å²) < 4.78 is 10.7. The van der Waals surface area contributed by atoms with E-state index in [1.54, 1.807) is 0 Å². The van der Waals surface area contributed by atoms with Crippen LogP contribution in [0.4, 0.5) is 0 Å². The Morgan fingerprint density at radius 1 is 1.33 bits per heavy atom. The normalized spacial score (nSPS) is 12.9. The van der Waals surface area contributed by atoms with Gasteiger partial charge in [-0.15, -0.1) is 10.2 Å². The van der Waals surface area contributed by atoms with Gasteiger partial charge in [0.25, 0.3) is 0 Å². The molecular formula is C12H9N3O3. The maximum Gasteiger partial charge on any atom is 0.306 e. The summed E-state index contributed by atoms with van der Waals surface area (Å²) in [6.45, 7) is 0.535. The van der Waals surface area contributed by atoms with Crippen LogP contribution in [0.2, 0.25) is 0 Å². The minimum atomic E-state index is -0.745. The summed E-state index contributed by atoms with van der Waals surface area (Å²) in [7, 11) is 0. The Labute approximate surface area is 102 Å². The van der Waals surface area contributed by atoms with Crippen LogP contribution in [0.25, 0.3) is 17.5 Å². The molecule has 1 aromatic heterocycles. The van der Waals surface area contributed by atoms with Crippen molar-refractivity contribution in [3.05, 3.63) is 35.7 Å². The van der Waals surface area contributed by atoms with E-state index < -0.39 is 5.91 Å². The second-order valence-corrected chi connectivity index (χ2v) is 3.71. The maximum atomic E-state index is 10.9. The average molecular weight is 243 g/mol. The number of nitrogens with zero attached hydrogens (tertiary/aromatic N) is 2. The Kier molecular flexibility index (Phi) is 2.33. The highest BCUT2D eigenvalue weighted by Crippen LogP contribution is 2.32. The van der Waals surface area contributed by atoms with Gasteiger partial charge in [0, 0.05) is 11.1 Å². The zero-order chi connectivity index (χ0) is 12.5. The van der Waals surface area contributed by atoms with E-state index in [-0.39, 0.29) is 11.8 Å². The second-order valence-electron chi connectivity index (χ2n) is 3.71. The van der Waals surface area contributed by atoms with E-state index in [1.807, 2.05) is 30.4 Å². The molecule has 0 atom stereocenters. The van der Waals surface area contributed by atoms with Crippen molar-refractivity contribution in [2.75, 3.05) is 6.61 Å². The van der Waals surface area contributed by atoms with Crippen molar-refractivity contribution in [1.82, 2.24) is 10.2 Å². The fourth-order valence-corrected chi connectivity index (χ4v) is 1.76. The van der Waals surface area contributed by atoms with Crippen LogP contribution >= 0.6 is 0 Å². The minimum absolute atomic E-state index is 0.205. The van der Waals surface area contributed by atoms with E-state index in [4.69, 9.17) is 14.9 Å². The quantitative estimate of drug-likeness (QED) is 0.856. The van der Waals surface area contributed by atoms with Crippen LogP contribution in [0.3, 0.4) is 0 Å². The van der Waals surface area contributed by atoms with Gasteiger partial charge in [-0.3, -0.25) is 4.79 Å².